The largest absolute Gasteiger partial charge is 0.444 e. The van der Waals surface area contributed by atoms with Crippen molar-refractivity contribution in [1.29, 1.82) is 0 Å². The predicted octanol–water partition coefficient (Wildman–Crippen LogP) is 4.84. The van der Waals surface area contributed by atoms with E-state index in [-0.39, 0.29) is 30.2 Å². The fourth-order valence-electron chi connectivity index (χ4n) is 5.19. The third-order valence-electron chi connectivity index (χ3n) is 7.32. The van der Waals surface area contributed by atoms with Crippen LogP contribution in [0, 0.1) is 11.8 Å². The topological polar surface area (TPSA) is 139 Å². The minimum Gasteiger partial charge on any atom is -0.444 e. The number of rotatable bonds is 10. The SMILES string of the molecule is CC(C)(C)OC(=O)NCC1CCC(C(=O)NC(Cc2ccccc2)c2ncc(-c3ccc(CC(N)=O)cc3)[nH]2)CC1. The first-order valence-electron chi connectivity index (χ1n) is 14.3. The summed E-state index contributed by atoms with van der Waals surface area (Å²) < 4.78 is 5.33. The molecule has 9 heteroatoms. The highest BCUT2D eigenvalue weighted by atomic mass is 16.6. The summed E-state index contributed by atoms with van der Waals surface area (Å²) in [6.07, 6.45) is 5.44. The summed E-state index contributed by atoms with van der Waals surface area (Å²) in [5.41, 5.74) is 8.49. The molecule has 1 heterocycles. The van der Waals surface area contributed by atoms with Gasteiger partial charge in [0.05, 0.1) is 24.4 Å². The van der Waals surface area contributed by atoms with Gasteiger partial charge in [-0.05, 0) is 75.5 Å². The molecular formula is C32H41N5O4. The molecule has 1 atom stereocenters. The van der Waals surface area contributed by atoms with Gasteiger partial charge < -0.3 is 26.1 Å². The van der Waals surface area contributed by atoms with Gasteiger partial charge in [-0.15, -0.1) is 0 Å². The van der Waals surface area contributed by atoms with Gasteiger partial charge in [0.25, 0.3) is 0 Å². The number of hydrogen-bond acceptors (Lipinski definition) is 5. The fraction of sp³-hybridized carbons (Fsp3) is 0.438. The molecule has 0 bridgehead atoms. The monoisotopic (exact) mass is 559 g/mol. The standard InChI is InChI=1S/C32H41N5O4/c1-32(2,3)41-31(40)35-19-23-11-15-25(16-12-23)30(39)37-26(17-21-7-5-4-6-8-21)29-34-20-27(36-29)24-13-9-22(10-14-24)18-28(33)38/h4-10,13-14,20,23,25-26H,11-12,15-19H2,1-3H3,(H2,33,38)(H,34,36)(H,35,40)(H,37,39). The highest BCUT2D eigenvalue weighted by molar-refractivity contribution is 5.79. The van der Waals surface area contributed by atoms with E-state index in [1.807, 2.05) is 75.4 Å². The molecule has 3 aromatic rings. The van der Waals surface area contributed by atoms with Gasteiger partial charge in [0.1, 0.15) is 11.4 Å². The molecule has 41 heavy (non-hydrogen) atoms. The van der Waals surface area contributed by atoms with Crippen LogP contribution in [0.1, 0.15) is 69.4 Å². The van der Waals surface area contributed by atoms with Crippen LogP contribution < -0.4 is 16.4 Å². The lowest BCUT2D eigenvalue weighted by atomic mass is 9.81. The van der Waals surface area contributed by atoms with Crippen molar-refractivity contribution in [3.63, 3.8) is 0 Å². The number of aromatic amines is 1. The van der Waals surface area contributed by atoms with Crippen LogP contribution in [0.25, 0.3) is 11.3 Å². The van der Waals surface area contributed by atoms with Crippen molar-refractivity contribution in [1.82, 2.24) is 20.6 Å². The molecule has 0 saturated heterocycles. The van der Waals surface area contributed by atoms with E-state index < -0.39 is 11.7 Å². The third kappa shape index (κ3) is 9.20. The van der Waals surface area contributed by atoms with E-state index in [0.717, 1.165) is 48.1 Å². The number of carbonyl (C=O) groups is 3. The van der Waals surface area contributed by atoms with Crippen LogP contribution in [0.15, 0.2) is 60.8 Å². The van der Waals surface area contributed by atoms with E-state index in [4.69, 9.17) is 10.5 Å². The number of benzene rings is 2. The summed E-state index contributed by atoms with van der Waals surface area (Å²) >= 11 is 0. The lowest BCUT2D eigenvalue weighted by molar-refractivity contribution is -0.127. The summed E-state index contributed by atoms with van der Waals surface area (Å²) in [7, 11) is 0. The second-order valence-electron chi connectivity index (χ2n) is 11.9. The highest BCUT2D eigenvalue weighted by Gasteiger charge is 2.29. The molecule has 2 aromatic carbocycles. The van der Waals surface area contributed by atoms with E-state index in [1.165, 1.54) is 0 Å². The number of nitrogens with two attached hydrogens (primary N) is 1. The van der Waals surface area contributed by atoms with Gasteiger partial charge in [0, 0.05) is 12.5 Å². The minimum absolute atomic E-state index is 0.0261. The Morgan fingerprint density at radius 3 is 2.32 bits per heavy atom. The number of primary amides is 1. The van der Waals surface area contributed by atoms with E-state index in [2.05, 4.69) is 20.6 Å². The van der Waals surface area contributed by atoms with Crippen LogP contribution in [-0.4, -0.2) is 40.0 Å². The number of nitrogens with one attached hydrogen (secondary N) is 3. The summed E-state index contributed by atoms with van der Waals surface area (Å²) in [4.78, 5) is 44.7. The van der Waals surface area contributed by atoms with Gasteiger partial charge in [-0.3, -0.25) is 9.59 Å². The molecule has 3 amide bonds. The number of H-pyrrole nitrogens is 1. The van der Waals surface area contributed by atoms with Gasteiger partial charge in [-0.2, -0.15) is 0 Å². The van der Waals surface area contributed by atoms with Crippen molar-refractivity contribution in [2.45, 2.75) is 70.9 Å². The van der Waals surface area contributed by atoms with Crippen molar-refractivity contribution in [3.05, 3.63) is 77.7 Å². The summed E-state index contributed by atoms with van der Waals surface area (Å²) in [5, 5.41) is 6.13. The van der Waals surface area contributed by atoms with Crippen LogP contribution >= 0.6 is 0 Å². The van der Waals surface area contributed by atoms with Gasteiger partial charge in [0.15, 0.2) is 0 Å². The Hall–Kier alpha value is -4.14. The zero-order valence-corrected chi connectivity index (χ0v) is 24.1. The first kappa shape index (κ1) is 29.8. The molecule has 1 unspecified atom stereocenters. The summed E-state index contributed by atoms with van der Waals surface area (Å²) in [6, 6.07) is 17.3. The Balaban J connectivity index is 1.38. The van der Waals surface area contributed by atoms with E-state index >= 15 is 0 Å². The zero-order chi connectivity index (χ0) is 29.4. The maximum atomic E-state index is 13.4. The van der Waals surface area contributed by atoms with Crippen molar-refractivity contribution in [2.75, 3.05) is 6.54 Å². The Kier molecular flexibility index (Phi) is 9.81. The maximum Gasteiger partial charge on any atom is 0.407 e. The van der Waals surface area contributed by atoms with Crippen molar-refractivity contribution in [2.24, 2.45) is 17.6 Å². The lowest BCUT2D eigenvalue weighted by Gasteiger charge is -2.29. The number of amides is 3. The average molecular weight is 560 g/mol. The molecule has 5 N–H and O–H groups in total. The molecule has 0 spiro atoms. The smallest absolute Gasteiger partial charge is 0.407 e. The maximum absolute atomic E-state index is 13.4. The number of imidazole rings is 1. The summed E-state index contributed by atoms with van der Waals surface area (Å²) in [6.45, 7) is 6.08. The van der Waals surface area contributed by atoms with E-state index in [1.54, 1.807) is 6.20 Å². The molecule has 0 aliphatic heterocycles. The van der Waals surface area contributed by atoms with Gasteiger partial charge in [-0.25, -0.2) is 9.78 Å². The number of nitrogens with zero attached hydrogens (tertiary/aromatic N) is 1. The highest BCUT2D eigenvalue weighted by Crippen LogP contribution is 2.30. The number of ether oxygens (including phenoxy) is 1. The Morgan fingerprint density at radius 2 is 1.68 bits per heavy atom. The molecule has 1 aromatic heterocycles. The molecular weight excluding hydrogens is 518 g/mol. The van der Waals surface area contributed by atoms with Gasteiger partial charge in [0.2, 0.25) is 11.8 Å². The van der Waals surface area contributed by atoms with Crippen LogP contribution in [0.4, 0.5) is 4.79 Å². The Morgan fingerprint density at radius 1 is 1.00 bits per heavy atom. The van der Waals surface area contributed by atoms with Crippen LogP contribution in [0.2, 0.25) is 0 Å². The first-order valence-corrected chi connectivity index (χ1v) is 14.3. The van der Waals surface area contributed by atoms with Gasteiger partial charge >= 0.3 is 6.09 Å². The third-order valence-corrected chi connectivity index (χ3v) is 7.32. The molecule has 1 aliphatic rings. The minimum atomic E-state index is -0.526. The van der Waals surface area contributed by atoms with Crippen LogP contribution in [-0.2, 0) is 27.2 Å². The second kappa shape index (κ2) is 13.5. The quantitative estimate of drug-likeness (QED) is 0.282. The van der Waals surface area contributed by atoms with Crippen LogP contribution in [0.5, 0.6) is 0 Å². The lowest BCUT2D eigenvalue weighted by Crippen LogP contribution is -2.39. The van der Waals surface area contributed by atoms with Crippen molar-refractivity contribution >= 4 is 17.9 Å². The number of aromatic nitrogens is 2. The fourth-order valence-corrected chi connectivity index (χ4v) is 5.19. The first-order chi connectivity index (χ1) is 19.6. The van der Waals surface area contributed by atoms with Crippen molar-refractivity contribution in [3.8, 4) is 11.3 Å². The predicted molar refractivity (Wildman–Crippen MR) is 158 cm³/mol. The average Bonchev–Trinajstić information content (AvgIpc) is 3.42. The molecule has 4 rings (SSSR count). The molecule has 1 fully saturated rings. The van der Waals surface area contributed by atoms with Gasteiger partial charge in [-0.1, -0.05) is 54.6 Å². The molecule has 1 aliphatic carbocycles. The zero-order valence-electron chi connectivity index (χ0n) is 24.1. The number of alkyl carbamates (subject to hydrolysis) is 1. The normalized spacial score (nSPS) is 17.8. The Bertz CT molecular complexity index is 1310. The molecule has 9 nitrogen and oxygen atoms in total. The Labute approximate surface area is 241 Å². The van der Waals surface area contributed by atoms with Crippen molar-refractivity contribution < 1.29 is 19.1 Å². The molecule has 0 radical (unpaired) electrons. The van der Waals surface area contributed by atoms with E-state index in [9.17, 15) is 14.4 Å². The number of hydrogen-bond donors (Lipinski definition) is 4. The van der Waals surface area contributed by atoms with E-state index in [0.29, 0.717) is 24.7 Å². The molecule has 218 valence electrons. The summed E-state index contributed by atoms with van der Waals surface area (Å²) in [5.74, 6) is 0.589. The second-order valence-corrected chi connectivity index (χ2v) is 11.9. The molecule has 1 saturated carbocycles. The van der Waals surface area contributed by atoms with Crippen LogP contribution in [0.3, 0.4) is 0 Å². The number of carbonyl (C=O) groups excluding carboxylic acids is 3.